The quantitative estimate of drug-likeness (QED) is 0.293. The highest BCUT2D eigenvalue weighted by atomic mass is 19.4. The number of amides is 1. The number of rotatable bonds is 7. The molecule has 1 aliphatic carbocycles. The van der Waals surface area contributed by atoms with Crippen LogP contribution in [0.3, 0.4) is 0 Å². The van der Waals surface area contributed by atoms with Crippen LogP contribution in [0.1, 0.15) is 78.9 Å². The van der Waals surface area contributed by atoms with Crippen molar-refractivity contribution >= 4 is 17.6 Å². The predicted molar refractivity (Wildman–Crippen MR) is 157 cm³/mol. The van der Waals surface area contributed by atoms with Crippen LogP contribution in [0.15, 0.2) is 54.2 Å². The smallest absolute Gasteiger partial charge is 0.416 e. The highest BCUT2D eigenvalue weighted by Crippen LogP contribution is 2.45. The number of allylic oxidation sites excluding steroid dienone is 1. The summed E-state index contributed by atoms with van der Waals surface area (Å²) in [5.41, 5.74) is 3.10. The minimum atomic E-state index is -4.52. The number of hydrogen-bond donors (Lipinski definition) is 1. The van der Waals surface area contributed by atoms with Gasteiger partial charge in [0.2, 0.25) is 0 Å². The van der Waals surface area contributed by atoms with E-state index in [1.807, 2.05) is 0 Å². The summed E-state index contributed by atoms with van der Waals surface area (Å²) in [5.74, 6) is -0.187. The van der Waals surface area contributed by atoms with E-state index < -0.39 is 35.9 Å². The van der Waals surface area contributed by atoms with Gasteiger partial charge in [-0.15, -0.1) is 0 Å². The van der Waals surface area contributed by atoms with Crippen molar-refractivity contribution in [2.45, 2.75) is 65.3 Å². The number of halogens is 3. The van der Waals surface area contributed by atoms with Crippen LogP contribution < -0.4 is 4.74 Å². The van der Waals surface area contributed by atoms with Gasteiger partial charge in [0.15, 0.2) is 11.6 Å². The summed E-state index contributed by atoms with van der Waals surface area (Å²) < 4.78 is 52.0. The second-order valence-electron chi connectivity index (χ2n) is 12.2. The number of nitrogens with zero attached hydrogens (tertiary/aromatic N) is 3. The van der Waals surface area contributed by atoms with Crippen molar-refractivity contribution in [2.24, 2.45) is 5.41 Å². The van der Waals surface area contributed by atoms with E-state index in [-0.39, 0.29) is 17.5 Å². The first kappa shape index (κ1) is 31.0. The molecule has 2 atom stereocenters. The van der Waals surface area contributed by atoms with Crippen molar-refractivity contribution in [3.8, 4) is 17.1 Å². The molecular weight excluding hydrogens is 575 g/mol. The Kier molecular flexibility index (Phi) is 8.17. The highest BCUT2D eigenvalue weighted by Gasteiger charge is 2.42. The standard InChI is InChI=1S/C33H34F3N3O5/c1-18-12-22(14-24(13-18)33(34,35)36)28-19(2)39(31(42)44-28)17-23-15-32(3,4)11-10-25(23)27-26(43-5)16-37-29(38-27)20-6-8-21(9-7-20)30(40)41/h6-9,12-14,16,19,28H,10-11,15,17H2,1-5H3,(H,40,41)/t19-,28-/m0/s1. The van der Waals surface area contributed by atoms with Gasteiger partial charge in [-0.1, -0.05) is 37.6 Å². The van der Waals surface area contributed by atoms with Gasteiger partial charge in [-0.25, -0.2) is 19.6 Å². The number of carbonyl (C=O) groups excluding carboxylic acids is 1. The van der Waals surface area contributed by atoms with Gasteiger partial charge < -0.3 is 14.6 Å². The van der Waals surface area contributed by atoms with Gasteiger partial charge in [0.1, 0.15) is 11.8 Å². The van der Waals surface area contributed by atoms with E-state index in [2.05, 4.69) is 18.8 Å². The van der Waals surface area contributed by atoms with E-state index in [1.165, 1.54) is 19.2 Å². The zero-order valence-corrected chi connectivity index (χ0v) is 25.2. The molecule has 3 aromatic rings. The van der Waals surface area contributed by atoms with Gasteiger partial charge in [0.25, 0.3) is 0 Å². The Hall–Kier alpha value is -4.41. The molecule has 0 saturated carbocycles. The van der Waals surface area contributed by atoms with E-state index in [9.17, 15) is 27.9 Å². The Morgan fingerprint density at radius 2 is 1.89 bits per heavy atom. The van der Waals surface area contributed by atoms with Gasteiger partial charge in [-0.2, -0.15) is 13.2 Å². The number of aromatic nitrogens is 2. The molecular formula is C33H34F3N3O5. The zero-order chi connectivity index (χ0) is 32.0. The monoisotopic (exact) mass is 609 g/mol. The lowest BCUT2D eigenvalue weighted by Gasteiger charge is -2.35. The number of hydrogen-bond acceptors (Lipinski definition) is 6. The van der Waals surface area contributed by atoms with Crippen LogP contribution in [0, 0.1) is 12.3 Å². The van der Waals surface area contributed by atoms with Crippen LogP contribution in [-0.2, 0) is 10.9 Å². The van der Waals surface area contributed by atoms with E-state index in [0.717, 1.165) is 29.7 Å². The van der Waals surface area contributed by atoms with E-state index >= 15 is 0 Å². The molecule has 5 rings (SSSR count). The van der Waals surface area contributed by atoms with Crippen molar-refractivity contribution in [1.29, 1.82) is 0 Å². The molecule has 8 nitrogen and oxygen atoms in total. The topological polar surface area (TPSA) is 102 Å². The summed E-state index contributed by atoms with van der Waals surface area (Å²) in [5, 5.41) is 9.26. The third-order valence-electron chi connectivity index (χ3n) is 8.33. The number of cyclic esters (lactones) is 1. The number of carbonyl (C=O) groups is 2. The molecule has 44 heavy (non-hydrogen) atoms. The second-order valence-corrected chi connectivity index (χ2v) is 12.2. The number of benzene rings is 2. The van der Waals surface area contributed by atoms with E-state index in [4.69, 9.17) is 14.5 Å². The SMILES string of the molecule is COc1cnc(-c2ccc(C(=O)O)cc2)nc1C1=C(CN2C(=O)O[C@H](c3cc(C)cc(C(F)(F)F)c3)[C@@H]2C)CC(C)(C)CC1. The Balaban J connectivity index is 1.52. The predicted octanol–water partition coefficient (Wildman–Crippen LogP) is 7.72. The normalized spacial score (nSPS) is 20.1. The molecule has 1 aliphatic heterocycles. The number of alkyl halides is 3. The molecule has 1 N–H and O–H groups in total. The van der Waals surface area contributed by atoms with Crippen molar-refractivity contribution in [3.63, 3.8) is 0 Å². The third kappa shape index (κ3) is 6.27. The third-order valence-corrected chi connectivity index (χ3v) is 8.33. The number of carboxylic acid groups (broad SMARTS) is 1. The average molecular weight is 610 g/mol. The molecule has 1 fully saturated rings. The van der Waals surface area contributed by atoms with Gasteiger partial charge in [0, 0.05) is 12.1 Å². The van der Waals surface area contributed by atoms with Gasteiger partial charge in [-0.3, -0.25) is 4.90 Å². The van der Waals surface area contributed by atoms with Crippen LogP contribution in [0.25, 0.3) is 17.0 Å². The minimum Gasteiger partial charge on any atom is -0.493 e. The molecule has 1 amide bonds. The Morgan fingerprint density at radius 1 is 1.18 bits per heavy atom. The van der Waals surface area contributed by atoms with Crippen LogP contribution in [0.2, 0.25) is 0 Å². The van der Waals surface area contributed by atoms with Crippen molar-refractivity contribution in [3.05, 3.63) is 82.2 Å². The molecule has 1 aromatic heterocycles. The number of methoxy groups -OCH3 is 1. The summed E-state index contributed by atoms with van der Waals surface area (Å²) in [6.07, 6.45) is -2.24. The second kappa shape index (κ2) is 11.6. The molecule has 2 heterocycles. The molecule has 0 bridgehead atoms. The lowest BCUT2D eigenvalue weighted by Crippen LogP contribution is -2.35. The molecule has 0 unspecified atom stereocenters. The van der Waals surface area contributed by atoms with Crippen molar-refractivity contribution < 1.29 is 37.3 Å². The fourth-order valence-electron chi connectivity index (χ4n) is 5.99. The lowest BCUT2D eigenvalue weighted by atomic mass is 9.73. The van der Waals surface area contributed by atoms with Crippen LogP contribution in [0.5, 0.6) is 5.75 Å². The molecule has 1 saturated heterocycles. The molecule has 2 aliphatic rings. The Bertz CT molecular complexity index is 1630. The van der Waals surface area contributed by atoms with Gasteiger partial charge in [-0.05, 0) is 79.5 Å². The highest BCUT2D eigenvalue weighted by molar-refractivity contribution is 5.88. The maximum atomic E-state index is 13.6. The van der Waals surface area contributed by atoms with Crippen LogP contribution in [-0.4, -0.2) is 51.7 Å². The molecule has 2 aromatic carbocycles. The van der Waals surface area contributed by atoms with Gasteiger partial charge in [0.05, 0.1) is 30.5 Å². The van der Waals surface area contributed by atoms with Crippen LogP contribution >= 0.6 is 0 Å². The first-order chi connectivity index (χ1) is 20.7. The minimum absolute atomic E-state index is 0.0704. The largest absolute Gasteiger partial charge is 0.493 e. The summed E-state index contributed by atoms with van der Waals surface area (Å²) in [6.45, 7) is 7.88. The van der Waals surface area contributed by atoms with Gasteiger partial charge >= 0.3 is 18.2 Å². The van der Waals surface area contributed by atoms with E-state index in [0.29, 0.717) is 46.8 Å². The molecule has 0 radical (unpaired) electrons. The molecule has 11 heteroatoms. The fourth-order valence-corrected chi connectivity index (χ4v) is 5.99. The lowest BCUT2D eigenvalue weighted by molar-refractivity contribution is -0.137. The summed E-state index contributed by atoms with van der Waals surface area (Å²) in [7, 11) is 1.53. The van der Waals surface area contributed by atoms with Crippen LogP contribution in [0.4, 0.5) is 18.0 Å². The first-order valence-corrected chi connectivity index (χ1v) is 14.3. The number of ether oxygens (including phenoxy) is 2. The van der Waals surface area contributed by atoms with Crippen molar-refractivity contribution in [1.82, 2.24) is 14.9 Å². The van der Waals surface area contributed by atoms with E-state index in [1.54, 1.807) is 43.1 Å². The Labute approximate surface area is 253 Å². The summed E-state index contributed by atoms with van der Waals surface area (Å²) in [4.78, 5) is 35.4. The Morgan fingerprint density at radius 3 is 2.52 bits per heavy atom. The maximum absolute atomic E-state index is 13.6. The summed E-state index contributed by atoms with van der Waals surface area (Å²) >= 11 is 0. The maximum Gasteiger partial charge on any atom is 0.416 e. The number of carboxylic acids is 1. The number of aromatic carboxylic acids is 1. The molecule has 232 valence electrons. The summed E-state index contributed by atoms with van der Waals surface area (Å²) in [6, 6.07) is 9.49. The molecule has 0 spiro atoms. The number of aryl methyl sites for hydroxylation is 1. The average Bonchev–Trinajstić information content (AvgIpc) is 3.24. The first-order valence-electron chi connectivity index (χ1n) is 14.3. The fraction of sp³-hybridized carbons (Fsp3) is 0.394. The van der Waals surface area contributed by atoms with Crippen molar-refractivity contribution in [2.75, 3.05) is 13.7 Å². The zero-order valence-electron chi connectivity index (χ0n) is 25.2.